The number of hydrogen-bond acceptors (Lipinski definition) is 2. The molecule has 0 atom stereocenters. The summed E-state index contributed by atoms with van der Waals surface area (Å²) in [5.74, 6) is 0.467. The van der Waals surface area contributed by atoms with Gasteiger partial charge in [0.05, 0.1) is 5.75 Å². The summed E-state index contributed by atoms with van der Waals surface area (Å²) in [6, 6.07) is 5.48. The minimum atomic E-state index is 0.00265. The molecule has 0 fully saturated rings. The molecule has 0 unspecified atom stereocenters. The van der Waals surface area contributed by atoms with E-state index in [4.69, 9.17) is 11.6 Å². The maximum absolute atomic E-state index is 11.3. The first-order chi connectivity index (χ1) is 6.65. The Kier molecular flexibility index (Phi) is 4.29. The number of halogens is 1. The Morgan fingerprint density at radius 3 is 2.93 bits per heavy atom. The molecule has 0 radical (unpaired) electrons. The van der Waals surface area contributed by atoms with Gasteiger partial charge in [-0.25, -0.2) is 0 Å². The molecule has 0 aliphatic carbocycles. The number of nitrogens with one attached hydrogen (secondary N) is 1. The number of rotatable bonds is 3. The molecule has 0 heterocycles. The number of amides is 1. The summed E-state index contributed by atoms with van der Waals surface area (Å²) in [4.78, 5) is 11.3. The molecule has 14 heavy (non-hydrogen) atoms. The van der Waals surface area contributed by atoms with E-state index in [9.17, 15) is 4.79 Å². The Morgan fingerprint density at radius 1 is 1.57 bits per heavy atom. The normalized spacial score (nSPS) is 9.93. The van der Waals surface area contributed by atoms with Crippen LogP contribution in [-0.2, 0) is 4.79 Å². The SMILES string of the molecule is CSCC(=O)Nc1cccc(Cl)c1C. The van der Waals surface area contributed by atoms with E-state index < -0.39 is 0 Å². The van der Waals surface area contributed by atoms with Crippen LogP contribution >= 0.6 is 23.4 Å². The van der Waals surface area contributed by atoms with Gasteiger partial charge in [0.1, 0.15) is 0 Å². The van der Waals surface area contributed by atoms with Crippen LogP contribution in [0.1, 0.15) is 5.56 Å². The third kappa shape index (κ3) is 2.93. The van der Waals surface area contributed by atoms with Crippen molar-refractivity contribution in [1.82, 2.24) is 0 Å². The fourth-order valence-corrected chi connectivity index (χ4v) is 1.57. The van der Waals surface area contributed by atoms with Gasteiger partial charge in [0.25, 0.3) is 0 Å². The van der Waals surface area contributed by atoms with Gasteiger partial charge in [-0.15, -0.1) is 0 Å². The van der Waals surface area contributed by atoms with Crippen molar-refractivity contribution in [1.29, 1.82) is 0 Å². The number of thioether (sulfide) groups is 1. The van der Waals surface area contributed by atoms with E-state index in [0.29, 0.717) is 10.8 Å². The second-order valence-corrected chi connectivity index (χ2v) is 4.17. The Labute approximate surface area is 93.0 Å². The average Bonchev–Trinajstić information content (AvgIpc) is 2.13. The number of anilines is 1. The summed E-state index contributed by atoms with van der Waals surface area (Å²) in [5, 5.41) is 3.48. The molecule has 1 aromatic carbocycles. The lowest BCUT2D eigenvalue weighted by molar-refractivity contribution is -0.113. The van der Waals surface area contributed by atoms with E-state index in [1.54, 1.807) is 6.07 Å². The van der Waals surface area contributed by atoms with Gasteiger partial charge in [-0.05, 0) is 30.9 Å². The van der Waals surface area contributed by atoms with Gasteiger partial charge >= 0.3 is 0 Å². The van der Waals surface area contributed by atoms with Crippen molar-refractivity contribution >= 4 is 35.0 Å². The summed E-state index contributed by atoms with van der Waals surface area (Å²) in [6.07, 6.45) is 1.89. The van der Waals surface area contributed by atoms with Crippen molar-refractivity contribution in [3.05, 3.63) is 28.8 Å². The molecule has 0 bridgehead atoms. The molecule has 0 aromatic heterocycles. The van der Waals surface area contributed by atoms with Gasteiger partial charge in [-0.3, -0.25) is 4.79 Å². The van der Waals surface area contributed by atoms with Crippen LogP contribution in [0.15, 0.2) is 18.2 Å². The minimum Gasteiger partial charge on any atom is -0.325 e. The standard InChI is InChI=1S/C10H12ClNOS/c1-7-8(11)4-3-5-9(7)12-10(13)6-14-2/h3-5H,6H2,1-2H3,(H,12,13). The third-order valence-corrected chi connectivity index (χ3v) is 2.78. The fourth-order valence-electron chi connectivity index (χ4n) is 1.06. The lowest BCUT2D eigenvalue weighted by atomic mass is 10.2. The number of hydrogen-bond donors (Lipinski definition) is 1. The predicted octanol–water partition coefficient (Wildman–Crippen LogP) is 2.95. The van der Waals surface area contributed by atoms with Crippen molar-refractivity contribution < 1.29 is 4.79 Å². The van der Waals surface area contributed by atoms with Gasteiger partial charge in [0, 0.05) is 10.7 Å². The van der Waals surface area contributed by atoms with E-state index in [2.05, 4.69) is 5.32 Å². The van der Waals surface area contributed by atoms with Crippen molar-refractivity contribution in [2.75, 3.05) is 17.3 Å². The summed E-state index contributed by atoms with van der Waals surface area (Å²) >= 11 is 7.41. The van der Waals surface area contributed by atoms with Crippen LogP contribution in [0.4, 0.5) is 5.69 Å². The largest absolute Gasteiger partial charge is 0.325 e. The number of benzene rings is 1. The second kappa shape index (κ2) is 5.27. The predicted molar refractivity (Wildman–Crippen MR) is 63.2 cm³/mol. The highest BCUT2D eigenvalue weighted by molar-refractivity contribution is 7.99. The van der Waals surface area contributed by atoms with Crippen molar-refractivity contribution in [3.63, 3.8) is 0 Å². The molecule has 76 valence electrons. The molecule has 0 aliphatic rings. The van der Waals surface area contributed by atoms with Crippen molar-refractivity contribution in [2.24, 2.45) is 0 Å². The summed E-state index contributed by atoms with van der Waals surface area (Å²) in [7, 11) is 0. The van der Waals surface area contributed by atoms with Crippen LogP contribution in [0.3, 0.4) is 0 Å². The highest BCUT2D eigenvalue weighted by atomic mass is 35.5. The minimum absolute atomic E-state index is 0.00265. The third-order valence-electron chi connectivity index (χ3n) is 1.82. The zero-order valence-electron chi connectivity index (χ0n) is 8.13. The van der Waals surface area contributed by atoms with E-state index in [0.717, 1.165) is 11.3 Å². The zero-order chi connectivity index (χ0) is 10.6. The second-order valence-electron chi connectivity index (χ2n) is 2.89. The molecular weight excluding hydrogens is 218 g/mol. The van der Waals surface area contributed by atoms with Crippen molar-refractivity contribution in [2.45, 2.75) is 6.92 Å². The van der Waals surface area contributed by atoms with Gasteiger partial charge in [0.2, 0.25) is 5.91 Å². The molecule has 1 aromatic rings. The van der Waals surface area contributed by atoms with Gasteiger partial charge in [-0.2, -0.15) is 11.8 Å². The molecule has 0 saturated carbocycles. The quantitative estimate of drug-likeness (QED) is 0.864. The molecule has 2 nitrogen and oxygen atoms in total. The lowest BCUT2D eigenvalue weighted by Crippen LogP contribution is -2.14. The van der Waals surface area contributed by atoms with Crippen LogP contribution in [0.25, 0.3) is 0 Å². The maximum Gasteiger partial charge on any atom is 0.234 e. The summed E-state index contributed by atoms with van der Waals surface area (Å²) in [6.45, 7) is 1.89. The Hall–Kier alpha value is -0.670. The molecule has 1 N–H and O–H groups in total. The molecular formula is C10H12ClNOS. The van der Waals surface area contributed by atoms with Gasteiger partial charge in [0.15, 0.2) is 0 Å². The van der Waals surface area contributed by atoms with Crippen LogP contribution in [-0.4, -0.2) is 17.9 Å². The average molecular weight is 230 g/mol. The van der Waals surface area contributed by atoms with Crippen LogP contribution in [0, 0.1) is 6.92 Å². The van der Waals surface area contributed by atoms with Gasteiger partial charge < -0.3 is 5.32 Å². The topological polar surface area (TPSA) is 29.1 Å². The number of carbonyl (C=O) groups is 1. The lowest BCUT2D eigenvalue weighted by Gasteiger charge is -2.08. The van der Waals surface area contributed by atoms with Crippen LogP contribution < -0.4 is 5.32 Å². The molecule has 1 rings (SSSR count). The Balaban J connectivity index is 2.76. The zero-order valence-corrected chi connectivity index (χ0v) is 9.71. The van der Waals surface area contributed by atoms with E-state index in [1.165, 1.54) is 11.8 Å². The van der Waals surface area contributed by atoms with E-state index in [-0.39, 0.29) is 5.91 Å². The molecule has 1 amide bonds. The highest BCUT2D eigenvalue weighted by Gasteiger charge is 2.05. The first kappa shape index (κ1) is 11.4. The number of carbonyl (C=O) groups excluding carboxylic acids is 1. The highest BCUT2D eigenvalue weighted by Crippen LogP contribution is 2.22. The molecule has 0 aliphatic heterocycles. The fraction of sp³-hybridized carbons (Fsp3) is 0.300. The maximum atomic E-state index is 11.3. The van der Waals surface area contributed by atoms with Crippen molar-refractivity contribution in [3.8, 4) is 0 Å². The monoisotopic (exact) mass is 229 g/mol. The smallest absolute Gasteiger partial charge is 0.234 e. The Morgan fingerprint density at radius 2 is 2.29 bits per heavy atom. The van der Waals surface area contributed by atoms with Crippen LogP contribution in [0.5, 0.6) is 0 Å². The van der Waals surface area contributed by atoms with E-state index in [1.807, 2.05) is 25.3 Å². The van der Waals surface area contributed by atoms with Gasteiger partial charge in [-0.1, -0.05) is 17.7 Å². The summed E-state index contributed by atoms with van der Waals surface area (Å²) < 4.78 is 0. The Bertz CT molecular complexity index is 341. The first-order valence-corrected chi connectivity index (χ1v) is 5.96. The first-order valence-electron chi connectivity index (χ1n) is 4.19. The summed E-state index contributed by atoms with van der Waals surface area (Å²) in [5.41, 5.74) is 1.69. The molecule has 4 heteroatoms. The molecule has 0 saturated heterocycles. The van der Waals surface area contributed by atoms with Crippen LogP contribution in [0.2, 0.25) is 5.02 Å². The molecule has 0 spiro atoms. The van der Waals surface area contributed by atoms with E-state index >= 15 is 0 Å².